The van der Waals surface area contributed by atoms with E-state index in [1.54, 1.807) is 42.5 Å². The predicted octanol–water partition coefficient (Wildman–Crippen LogP) is 2.49. The fourth-order valence-electron chi connectivity index (χ4n) is 2.40. The third-order valence-electron chi connectivity index (χ3n) is 3.72. The molecule has 0 spiro atoms. The Balaban J connectivity index is 2.56. The van der Waals surface area contributed by atoms with Crippen LogP contribution in [0.5, 0.6) is 11.5 Å². The Morgan fingerprint density at radius 2 is 1.70 bits per heavy atom. The summed E-state index contributed by atoms with van der Waals surface area (Å²) in [5.74, 6) is 1.02. The Morgan fingerprint density at radius 1 is 1.04 bits per heavy atom. The van der Waals surface area contributed by atoms with Gasteiger partial charge in [-0.15, -0.1) is 0 Å². The van der Waals surface area contributed by atoms with Crippen LogP contribution < -0.4 is 15.2 Å². The lowest BCUT2D eigenvalue weighted by Gasteiger charge is -2.20. The van der Waals surface area contributed by atoms with Crippen molar-refractivity contribution in [3.05, 3.63) is 53.6 Å². The summed E-state index contributed by atoms with van der Waals surface area (Å²) in [6.45, 7) is 1.85. The number of sulfone groups is 1. The first-order chi connectivity index (χ1) is 10.9. The van der Waals surface area contributed by atoms with E-state index in [-0.39, 0.29) is 11.4 Å². The molecule has 0 aliphatic rings. The highest BCUT2D eigenvalue weighted by Gasteiger charge is 2.30. The molecule has 0 saturated carbocycles. The Bertz CT molecular complexity index is 770. The molecule has 2 N–H and O–H groups in total. The van der Waals surface area contributed by atoms with Crippen molar-refractivity contribution in [1.29, 1.82) is 0 Å². The topological polar surface area (TPSA) is 78.6 Å². The van der Waals surface area contributed by atoms with Crippen LogP contribution in [0.2, 0.25) is 0 Å². The number of rotatable bonds is 6. The van der Waals surface area contributed by atoms with Gasteiger partial charge in [-0.25, -0.2) is 8.42 Å². The van der Waals surface area contributed by atoms with Gasteiger partial charge < -0.3 is 15.2 Å². The van der Waals surface area contributed by atoms with Crippen LogP contribution in [-0.2, 0) is 9.84 Å². The average Bonchev–Trinajstić information content (AvgIpc) is 2.55. The van der Waals surface area contributed by atoms with Gasteiger partial charge in [0.25, 0.3) is 0 Å². The van der Waals surface area contributed by atoms with Crippen molar-refractivity contribution < 1.29 is 17.9 Å². The molecule has 2 aromatic carbocycles. The molecule has 0 amide bonds. The summed E-state index contributed by atoms with van der Waals surface area (Å²) >= 11 is 0. The van der Waals surface area contributed by atoms with Crippen LogP contribution in [0.4, 0.5) is 0 Å². The first kappa shape index (κ1) is 17.3. The van der Waals surface area contributed by atoms with E-state index in [1.165, 1.54) is 14.2 Å². The molecule has 0 aromatic heterocycles. The molecule has 0 saturated heterocycles. The molecule has 0 aliphatic heterocycles. The summed E-state index contributed by atoms with van der Waals surface area (Å²) in [5.41, 5.74) is 7.29. The normalized spacial score (nSPS) is 12.7. The van der Waals surface area contributed by atoms with Gasteiger partial charge >= 0.3 is 0 Å². The largest absolute Gasteiger partial charge is 0.497 e. The molecular formula is C17H21NO4S. The first-order valence-corrected chi connectivity index (χ1v) is 8.71. The number of hydrogen-bond acceptors (Lipinski definition) is 5. The molecular weight excluding hydrogens is 314 g/mol. The fraction of sp³-hybridized carbons (Fsp3) is 0.294. The number of nitrogens with two attached hydrogens (primary N) is 1. The van der Waals surface area contributed by atoms with Gasteiger partial charge in [0, 0.05) is 12.1 Å². The lowest BCUT2D eigenvalue weighted by atomic mass is 10.1. The molecule has 0 aliphatic carbocycles. The summed E-state index contributed by atoms with van der Waals surface area (Å²) in [5, 5.41) is -0.907. The maximum Gasteiger partial charge on any atom is 0.186 e. The third-order valence-corrected chi connectivity index (χ3v) is 5.85. The van der Waals surface area contributed by atoms with E-state index in [9.17, 15) is 8.42 Å². The minimum atomic E-state index is -3.64. The maximum absolute atomic E-state index is 13.0. The summed E-state index contributed by atoms with van der Waals surface area (Å²) in [4.78, 5) is 0.239. The molecule has 0 fully saturated rings. The highest BCUT2D eigenvalue weighted by atomic mass is 32.2. The van der Waals surface area contributed by atoms with Gasteiger partial charge in [0.1, 0.15) is 16.7 Å². The summed E-state index contributed by atoms with van der Waals surface area (Å²) in [6.07, 6.45) is 0. The Morgan fingerprint density at radius 3 is 2.22 bits per heavy atom. The lowest BCUT2D eigenvalue weighted by molar-refractivity contribution is 0.398. The quantitative estimate of drug-likeness (QED) is 0.877. The fourth-order valence-corrected chi connectivity index (χ4v) is 4.02. The van der Waals surface area contributed by atoms with E-state index < -0.39 is 15.1 Å². The van der Waals surface area contributed by atoms with Crippen molar-refractivity contribution in [2.75, 3.05) is 20.8 Å². The van der Waals surface area contributed by atoms with Crippen LogP contribution in [0.15, 0.2) is 47.4 Å². The number of hydrogen-bond donors (Lipinski definition) is 1. The Hall–Kier alpha value is -2.05. The number of benzene rings is 2. The Kier molecular flexibility index (Phi) is 5.28. The van der Waals surface area contributed by atoms with Crippen LogP contribution in [0.1, 0.15) is 16.4 Å². The third kappa shape index (κ3) is 3.48. The van der Waals surface area contributed by atoms with Crippen molar-refractivity contribution >= 4 is 9.84 Å². The molecule has 2 aromatic rings. The predicted molar refractivity (Wildman–Crippen MR) is 89.7 cm³/mol. The van der Waals surface area contributed by atoms with Crippen molar-refractivity contribution in [2.45, 2.75) is 17.1 Å². The van der Waals surface area contributed by atoms with Crippen LogP contribution in [0.3, 0.4) is 0 Å². The standard InChI is InChI=1S/C17H21NO4S/c1-12-4-7-14(8-5-12)23(19,20)17(11-18)15-10-13(21-2)6-9-16(15)22-3/h4-10,17H,11,18H2,1-3H3. The number of aryl methyl sites for hydroxylation is 1. The minimum Gasteiger partial charge on any atom is -0.497 e. The SMILES string of the molecule is COc1ccc(OC)c(C(CN)S(=O)(=O)c2ccc(C)cc2)c1. The highest BCUT2D eigenvalue weighted by molar-refractivity contribution is 7.91. The molecule has 1 atom stereocenters. The van der Waals surface area contributed by atoms with Crippen molar-refractivity contribution in [3.8, 4) is 11.5 Å². The van der Waals surface area contributed by atoms with E-state index in [4.69, 9.17) is 15.2 Å². The minimum absolute atomic E-state index is 0.0558. The van der Waals surface area contributed by atoms with Crippen LogP contribution in [0.25, 0.3) is 0 Å². The van der Waals surface area contributed by atoms with E-state index in [1.807, 2.05) is 6.92 Å². The highest BCUT2D eigenvalue weighted by Crippen LogP contribution is 2.36. The van der Waals surface area contributed by atoms with Gasteiger partial charge in [-0.3, -0.25) is 0 Å². The van der Waals surface area contributed by atoms with E-state index in [0.29, 0.717) is 17.1 Å². The summed E-state index contributed by atoms with van der Waals surface area (Å²) in [6, 6.07) is 11.8. The second-order valence-corrected chi connectivity index (χ2v) is 7.32. The van der Waals surface area contributed by atoms with Crippen molar-refractivity contribution in [1.82, 2.24) is 0 Å². The molecule has 0 heterocycles. The molecule has 0 bridgehead atoms. The second-order valence-electron chi connectivity index (χ2n) is 5.19. The zero-order chi connectivity index (χ0) is 17.0. The lowest BCUT2D eigenvalue weighted by Crippen LogP contribution is -2.23. The van der Waals surface area contributed by atoms with Gasteiger partial charge in [0.2, 0.25) is 0 Å². The summed E-state index contributed by atoms with van der Waals surface area (Å²) in [7, 11) is -0.616. The molecule has 23 heavy (non-hydrogen) atoms. The van der Waals surface area contributed by atoms with Gasteiger partial charge in [-0.1, -0.05) is 17.7 Å². The van der Waals surface area contributed by atoms with Crippen molar-refractivity contribution in [3.63, 3.8) is 0 Å². The van der Waals surface area contributed by atoms with E-state index >= 15 is 0 Å². The average molecular weight is 335 g/mol. The van der Waals surface area contributed by atoms with Crippen LogP contribution in [0, 0.1) is 6.92 Å². The molecule has 2 rings (SSSR count). The number of ether oxygens (including phenoxy) is 2. The van der Waals surface area contributed by atoms with Crippen molar-refractivity contribution in [2.24, 2.45) is 5.73 Å². The summed E-state index contributed by atoms with van der Waals surface area (Å²) < 4.78 is 36.4. The molecule has 6 heteroatoms. The maximum atomic E-state index is 13.0. The second kappa shape index (κ2) is 7.02. The zero-order valence-corrected chi connectivity index (χ0v) is 14.3. The van der Waals surface area contributed by atoms with Gasteiger partial charge in [-0.05, 0) is 37.3 Å². The number of methoxy groups -OCH3 is 2. The van der Waals surface area contributed by atoms with Gasteiger partial charge in [-0.2, -0.15) is 0 Å². The van der Waals surface area contributed by atoms with Crippen LogP contribution in [-0.4, -0.2) is 29.2 Å². The van der Waals surface area contributed by atoms with Crippen LogP contribution >= 0.6 is 0 Å². The molecule has 5 nitrogen and oxygen atoms in total. The monoisotopic (exact) mass is 335 g/mol. The van der Waals surface area contributed by atoms with Gasteiger partial charge in [0.05, 0.1) is 19.1 Å². The van der Waals surface area contributed by atoms with Gasteiger partial charge in [0.15, 0.2) is 9.84 Å². The smallest absolute Gasteiger partial charge is 0.186 e. The van der Waals surface area contributed by atoms with E-state index in [0.717, 1.165) is 5.56 Å². The van der Waals surface area contributed by atoms with E-state index in [2.05, 4.69) is 0 Å². The Labute approximate surface area is 137 Å². The molecule has 124 valence electrons. The molecule has 1 unspecified atom stereocenters. The molecule has 0 radical (unpaired) electrons. The first-order valence-electron chi connectivity index (χ1n) is 7.16. The zero-order valence-electron chi connectivity index (χ0n) is 13.4.